The van der Waals surface area contributed by atoms with Gasteiger partial charge in [0.15, 0.2) is 0 Å². The van der Waals surface area contributed by atoms with E-state index in [9.17, 15) is 14.4 Å². The van der Waals surface area contributed by atoms with Crippen LogP contribution < -0.4 is 16.0 Å². The number of hydrogen-bond donors (Lipinski definition) is 4. The van der Waals surface area contributed by atoms with Crippen LogP contribution in [-0.2, 0) is 4.79 Å². The highest BCUT2D eigenvalue weighted by Crippen LogP contribution is 2.21. The number of hydrogen-bond acceptors (Lipinski definition) is 3. The molecule has 0 radical (unpaired) electrons. The van der Waals surface area contributed by atoms with Crippen LogP contribution in [0, 0.1) is 0 Å². The molecule has 0 aliphatic heterocycles. The fourth-order valence-corrected chi connectivity index (χ4v) is 1.89. The zero-order chi connectivity index (χ0) is 18.7. The number of urea groups is 1. The van der Waals surface area contributed by atoms with Crippen molar-refractivity contribution in [3.05, 3.63) is 28.8 Å². The summed E-state index contributed by atoms with van der Waals surface area (Å²) in [6.45, 7) is 8.23. The van der Waals surface area contributed by atoms with Gasteiger partial charge in [0.2, 0.25) is 0 Å². The minimum atomic E-state index is -1.45. The second-order valence-corrected chi connectivity index (χ2v) is 7.32. The van der Waals surface area contributed by atoms with E-state index in [-0.39, 0.29) is 10.6 Å². The minimum Gasteiger partial charge on any atom is -0.480 e. The summed E-state index contributed by atoms with van der Waals surface area (Å²) in [5.74, 6) is -1.82. The van der Waals surface area contributed by atoms with Crippen molar-refractivity contribution in [3.8, 4) is 0 Å². The topological polar surface area (TPSA) is 108 Å². The summed E-state index contributed by atoms with van der Waals surface area (Å²) in [5, 5.41) is 16.9. The zero-order valence-electron chi connectivity index (χ0n) is 14.3. The Labute approximate surface area is 145 Å². The standard InChI is InChI=1S/C16H22ClN3O4/c1-15(2,3)20-14(24)18-9-6-7-11(17)10(8-9)12(21)19-16(4,5)13(22)23/h6-8H,1-5H3,(H,19,21)(H,22,23)(H2,18,20,24). The van der Waals surface area contributed by atoms with Gasteiger partial charge in [-0.1, -0.05) is 11.6 Å². The van der Waals surface area contributed by atoms with Crippen molar-refractivity contribution < 1.29 is 19.5 Å². The molecule has 0 aliphatic carbocycles. The summed E-state index contributed by atoms with van der Waals surface area (Å²) in [5.41, 5.74) is -1.44. The van der Waals surface area contributed by atoms with Gasteiger partial charge in [0.05, 0.1) is 10.6 Å². The number of aliphatic carboxylic acids is 1. The molecule has 132 valence electrons. The third kappa shape index (κ3) is 5.73. The highest BCUT2D eigenvalue weighted by Gasteiger charge is 2.30. The molecule has 1 aromatic carbocycles. The van der Waals surface area contributed by atoms with Gasteiger partial charge in [-0.2, -0.15) is 0 Å². The molecule has 1 rings (SSSR count). The van der Waals surface area contributed by atoms with E-state index in [4.69, 9.17) is 16.7 Å². The average Bonchev–Trinajstić information content (AvgIpc) is 2.37. The zero-order valence-corrected chi connectivity index (χ0v) is 15.0. The SMILES string of the molecule is CC(C)(C)NC(=O)Nc1ccc(Cl)c(C(=O)NC(C)(C)C(=O)O)c1. The highest BCUT2D eigenvalue weighted by atomic mass is 35.5. The lowest BCUT2D eigenvalue weighted by Gasteiger charge is -2.22. The largest absolute Gasteiger partial charge is 0.480 e. The van der Waals surface area contributed by atoms with Crippen LogP contribution in [-0.4, -0.2) is 34.1 Å². The lowest BCUT2D eigenvalue weighted by Crippen LogP contribution is -2.49. The summed E-state index contributed by atoms with van der Waals surface area (Å²) < 4.78 is 0. The summed E-state index contributed by atoms with van der Waals surface area (Å²) in [7, 11) is 0. The maximum atomic E-state index is 12.3. The highest BCUT2D eigenvalue weighted by molar-refractivity contribution is 6.34. The van der Waals surface area contributed by atoms with Gasteiger partial charge in [-0.15, -0.1) is 0 Å². The van der Waals surface area contributed by atoms with Crippen LogP contribution in [0.1, 0.15) is 45.0 Å². The van der Waals surface area contributed by atoms with Crippen molar-refractivity contribution in [2.75, 3.05) is 5.32 Å². The number of amides is 3. The van der Waals surface area contributed by atoms with E-state index in [0.717, 1.165) is 0 Å². The molecule has 4 N–H and O–H groups in total. The summed E-state index contributed by atoms with van der Waals surface area (Å²) in [4.78, 5) is 35.2. The molecule has 0 saturated heterocycles. The van der Waals surface area contributed by atoms with Crippen LogP contribution in [0.5, 0.6) is 0 Å². The van der Waals surface area contributed by atoms with Gasteiger partial charge >= 0.3 is 12.0 Å². The first kappa shape index (κ1) is 19.8. The molecule has 0 atom stereocenters. The van der Waals surface area contributed by atoms with Gasteiger partial charge in [-0.05, 0) is 52.8 Å². The molecule has 0 spiro atoms. The smallest absolute Gasteiger partial charge is 0.328 e. The molecule has 0 aliphatic rings. The second-order valence-electron chi connectivity index (χ2n) is 6.91. The lowest BCUT2D eigenvalue weighted by molar-refractivity contribution is -0.143. The van der Waals surface area contributed by atoms with Crippen molar-refractivity contribution in [1.29, 1.82) is 0 Å². The van der Waals surface area contributed by atoms with Crippen molar-refractivity contribution in [1.82, 2.24) is 10.6 Å². The Morgan fingerprint density at radius 2 is 1.62 bits per heavy atom. The second kappa shape index (κ2) is 7.09. The Kier molecular flexibility index (Phi) is 5.84. The lowest BCUT2D eigenvalue weighted by atomic mass is 10.0. The Morgan fingerprint density at radius 3 is 2.12 bits per heavy atom. The molecular weight excluding hydrogens is 334 g/mol. The van der Waals surface area contributed by atoms with E-state index in [2.05, 4.69) is 16.0 Å². The Bertz CT molecular complexity index is 666. The van der Waals surface area contributed by atoms with Gasteiger partial charge in [-0.25, -0.2) is 9.59 Å². The Morgan fingerprint density at radius 1 is 1.04 bits per heavy atom. The van der Waals surface area contributed by atoms with Gasteiger partial charge < -0.3 is 21.1 Å². The molecule has 0 fully saturated rings. The summed E-state index contributed by atoms with van der Waals surface area (Å²) in [6, 6.07) is 3.96. The number of benzene rings is 1. The first-order valence-electron chi connectivity index (χ1n) is 7.26. The van der Waals surface area contributed by atoms with Crippen molar-refractivity contribution in [2.24, 2.45) is 0 Å². The number of carboxylic acids is 1. The molecule has 3 amide bonds. The van der Waals surface area contributed by atoms with E-state index in [1.165, 1.54) is 26.0 Å². The van der Waals surface area contributed by atoms with Crippen LogP contribution >= 0.6 is 11.6 Å². The molecule has 7 nitrogen and oxygen atoms in total. The Hall–Kier alpha value is -2.28. The molecule has 0 bridgehead atoms. The summed E-state index contributed by atoms with van der Waals surface area (Å²) in [6.07, 6.45) is 0. The fourth-order valence-electron chi connectivity index (χ4n) is 1.68. The maximum absolute atomic E-state index is 12.3. The van der Waals surface area contributed by atoms with Crippen LogP contribution in [0.2, 0.25) is 5.02 Å². The molecule has 0 aromatic heterocycles. The molecule has 0 unspecified atom stereocenters. The molecule has 8 heteroatoms. The van der Waals surface area contributed by atoms with Crippen LogP contribution in [0.15, 0.2) is 18.2 Å². The molecule has 1 aromatic rings. The predicted molar refractivity (Wildman–Crippen MR) is 92.5 cm³/mol. The number of rotatable bonds is 4. The van der Waals surface area contributed by atoms with Crippen LogP contribution in [0.3, 0.4) is 0 Å². The van der Waals surface area contributed by atoms with Gasteiger partial charge in [0.1, 0.15) is 5.54 Å². The van der Waals surface area contributed by atoms with Crippen LogP contribution in [0.4, 0.5) is 10.5 Å². The van der Waals surface area contributed by atoms with Gasteiger partial charge in [0.25, 0.3) is 5.91 Å². The number of halogens is 1. The quantitative estimate of drug-likeness (QED) is 0.666. The molecule has 0 heterocycles. The summed E-state index contributed by atoms with van der Waals surface area (Å²) >= 11 is 6.01. The first-order chi connectivity index (χ1) is 10.8. The van der Waals surface area contributed by atoms with Gasteiger partial charge in [-0.3, -0.25) is 4.79 Å². The normalized spacial score (nSPS) is 11.6. The molecule has 0 saturated carbocycles. The first-order valence-corrected chi connectivity index (χ1v) is 7.64. The number of carbonyl (C=O) groups is 3. The molecule has 24 heavy (non-hydrogen) atoms. The number of anilines is 1. The van der Waals surface area contributed by atoms with Crippen LogP contribution in [0.25, 0.3) is 0 Å². The van der Waals surface area contributed by atoms with Crippen molar-refractivity contribution in [3.63, 3.8) is 0 Å². The van der Waals surface area contributed by atoms with Crippen molar-refractivity contribution >= 4 is 35.2 Å². The van der Waals surface area contributed by atoms with E-state index in [0.29, 0.717) is 5.69 Å². The van der Waals surface area contributed by atoms with E-state index >= 15 is 0 Å². The number of carboxylic acid groups (broad SMARTS) is 1. The third-order valence-electron chi connectivity index (χ3n) is 2.92. The predicted octanol–water partition coefficient (Wildman–Crippen LogP) is 2.85. The minimum absolute atomic E-state index is 0.0690. The number of nitrogens with one attached hydrogen (secondary N) is 3. The van der Waals surface area contributed by atoms with Crippen molar-refractivity contribution in [2.45, 2.75) is 45.7 Å². The Balaban J connectivity index is 2.96. The van der Waals surface area contributed by atoms with E-state index in [1.54, 1.807) is 6.07 Å². The van der Waals surface area contributed by atoms with Gasteiger partial charge in [0, 0.05) is 11.2 Å². The van der Waals surface area contributed by atoms with E-state index in [1.807, 2.05) is 20.8 Å². The third-order valence-corrected chi connectivity index (χ3v) is 3.25. The number of carbonyl (C=O) groups excluding carboxylic acids is 2. The molecular formula is C16H22ClN3O4. The maximum Gasteiger partial charge on any atom is 0.328 e. The monoisotopic (exact) mass is 355 g/mol. The average molecular weight is 356 g/mol. The fraction of sp³-hybridized carbons (Fsp3) is 0.438. The van der Waals surface area contributed by atoms with E-state index < -0.39 is 29.0 Å².